The van der Waals surface area contributed by atoms with E-state index in [0.717, 1.165) is 16.7 Å². The average molecular weight is 214 g/mol. The molecule has 0 unspecified atom stereocenters. The standard InChI is InChI=1S/C12H10N2O2/c1-8-3-9(2)5-10(4-8)11-6-12(13-7-15)16-14-11/h3-6H,1-2H3. The molecule has 0 radical (unpaired) electrons. The summed E-state index contributed by atoms with van der Waals surface area (Å²) in [6.07, 6.45) is 1.41. The molecule has 0 aliphatic rings. The smallest absolute Gasteiger partial charge is 0.261 e. The first-order chi connectivity index (χ1) is 7.69. The molecule has 0 aliphatic heterocycles. The fourth-order valence-corrected chi connectivity index (χ4v) is 1.62. The van der Waals surface area contributed by atoms with Crippen LogP contribution in [0.15, 0.2) is 33.8 Å². The molecule has 0 amide bonds. The molecule has 0 saturated heterocycles. The van der Waals surface area contributed by atoms with E-state index in [2.05, 4.69) is 16.2 Å². The summed E-state index contributed by atoms with van der Waals surface area (Å²) < 4.78 is 4.86. The minimum Gasteiger partial charge on any atom is -0.335 e. The molecule has 1 heterocycles. The molecule has 2 rings (SSSR count). The van der Waals surface area contributed by atoms with E-state index in [1.807, 2.05) is 26.0 Å². The second kappa shape index (κ2) is 4.13. The molecule has 0 saturated carbocycles. The van der Waals surface area contributed by atoms with Crippen LogP contribution in [-0.2, 0) is 4.79 Å². The van der Waals surface area contributed by atoms with Crippen LogP contribution in [0.1, 0.15) is 11.1 Å². The summed E-state index contributed by atoms with van der Waals surface area (Å²) in [6.45, 7) is 4.03. The number of rotatable bonds is 2. The van der Waals surface area contributed by atoms with Crippen molar-refractivity contribution in [2.45, 2.75) is 13.8 Å². The van der Waals surface area contributed by atoms with Gasteiger partial charge in [0.05, 0.1) is 0 Å². The number of carbonyl (C=O) groups excluding carboxylic acids is 1. The summed E-state index contributed by atoms with van der Waals surface area (Å²) >= 11 is 0. The van der Waals surface area contributed by atoms with Crippen LogP contribution in [-0.4, -0.2) is 11.2 Å². The molecule has 0 atom stereocenters. The molecule has 0 aliphatic carbocycles. The average Bonchev–Trinajstić information content (AvgIpc) is 2.65. The molecule has 2 aromatic rings. The lowest BCUT2D eigenvalue weighted by Crippen LogP contribution is -1.82. The quantitative estimate of drug-likeness (QED) is 0.570. The Morgan fingerprint density at radius 2 is 1.88 bits per heavy atom. The van der Waals surface area contributed by atoms with Gasteiger partial charge >= 0.3 is 0 Å². The number of aromatic nitrogens is 1. The number of nitrogens with zero attached hydrogens (tertiary/aromatic N) is 2. The summed E-state index contributed by atoms with van der Waals surface area (Å²) in [7, 11) is 0. The molecular weight excluding hydrogens is 204 g/mol. The maximum atomic E-state index is 10.0. The maximum absolute atomic E-state index is 10.0. The van der Waals surface area contributed by atoms with Gasteiger partial charge in [-0.15, -0.1) is 4.99 Å². The van der Waals surface area contributed by atoms with Crippen molar-refractivity contribution >= 4 is 12.0 Å². The van der Waals surface area contributed by atoms with Gasteiger partial charge in [0.1, 0.15) is 5.69 Å². The molecule has 0 bridgehead atoms. The number of aliphatic imine (C=N–C) groups is 1. The fourth-order valence-electron chi connectivity index (χ4n) is 1.62. The molecule has 80 valence electrons. The van der Waals surface area contributed by atoms with Crippen LogP contribution in [0.25, 0.3) is 11.3 Å². The summed E-state index contributed by atoms with van der Waals surface area (Å²) in [5.74, 6) is 0.171. The van der Waals surface area contributed by atoms with Gasteiger partial charge in [-0.1, -0.05) is 22.3 Å². The SMILES string of the molecule is Cc1cc(C)cc(-c2cc(N=C=O)on2)c1. The highest BCUT2D eigenvalue weighted by Gasteiger charge is 2.06. The summed E-state index contributed by atoms with van der Waals surface area (Å²) in [5, 5.41) is 3.84. The van der Waals surface area contributed by atoms with Crippen molar-refractivity contribution in [1.82, 2.24) is 5.16 Å². The lowest BCUT2D eigenvalue weighted by atomic mass is 10.1. The van der Waals surface area contributed by atoms with Crippen molar-refractivity contribution in [1.29, 1.82) is 0 Å². The number of isocyanates is 1. The van der Waals surface area contributed by atoms with Gasteiger partial charge < -0.3 is 4.52 Å². The van der Waals surface area contributed by atoms with Gasteiger partial charge in [0.15, 0.2) is 0 Å². The van der Waals surface area contributed by atoms with Gasteiger partial charge in [-0.2, -0.15) is 0 Å². The Morgan fingerprint density at radius 3 is 2.50 bits per heavy atom. The van der Waals surface area contributed by atoms with Gasteiger partial charge in [-0.25, -0.2) is 4.79 Å². The monoisotopic (exact) mass is 214 g/mol. The molecule has 4 heteroatoms. The number of benzene rings is 1. The highest BCUT2D eigenvalue weighted by atomic mass is 16.5. The Hall–Kier alpha value is -2.19. The van der Waals surface area contributed by atoms with Crippen LogP contribution in [0.4, 0.5) is 5.88 Å². The molecule has 1 aromatic heterocycles. The van der Waals surface area contributed by atoms with Crippen molar-refractivity contribution < 1.29 is 9.32 Å². The van der Waals surface area contributed by atoms with Crippen LogP contribution in [0, 0.1) is 13.8 Å². The van der Waals surface area contributed by atoms with Gasteiger partial charge in [0.25, 0.3) is 5.88 Å². The number of hydrogen-bond donors (Lipinski definition) is 0. The van der Waals surface area contributed by atoms with Crippen molar-refractivity contribution in [2.75, 3.05) is 0 Å². The first kappa shape index (κ1) is 10.3. The molecule has 4 nitrogen and oxygen atoms in total. The Labute approximate surface area is 92.6 Å². The van der Waals surface area contributed by atoms with Gasteiger partial charge in [-0.05, 0) is 26.0 Å². The predicted octanol–water partition coefficient (Wildman–Crippen LogP) is 2.93. The van der Waals surface area contributed by atoms with E-state index in [-0.39, 0.29) is 5.88 Å². The zero-order valence-electron chi connectivity index (χ0n) is 9.02. The first-order valence-corrected chi connectivity index (χ1v) is 4.82. The van der Waals surface area contributed by atoms with Crippen molar-refractivity contribution in [3.63, 3.8) is 0 Å². The van der Waals surface area contributed by atoms with Gasteiger partial charge in [-0.3, -0.25) is 0 Å². The third kappa shape index (κ3) is 2.07. The van der Waals surface area contributed by atoms with Crippen molar-refractivity contribution in [2.24, 2.45) is 4.99 Å². The maximum Gasteiger partial charge on any atom is 0.261 e. The third-order valence-corrected chi connectivity index (χ3v) is 2.17. The topological polar surface area (TPSA) is 55.5 Å². The van der Waals surface area contributed by atoms with E-state index in [0.29, 0.717) is 5.69 Å². The zero-order chi connectivity index (χ0) is 11.5. The Morgan fingerprint density at radius 1 is 1.19 bits per heavy atom. The summed E-state index contributed by atoms with van der Waals surface area (Å²) in [4.78, 5) is 13.4. The van der Waals surface area contributed by atoms with Crippen LogP contribution < -0.4 is 0 Å². The van der Waals surface area contributed by atoms with Crippen molar-refractivity contribution in [3.05, 3.63) is 35.4 Å². The van der Waals surface area contributed by atoms with Crippen molar-refractivity contribution in [3.8, 4) is 11.3 Å². The van der Waals surface area contributed by atoms with E-state index in [1.165, 1.54) is 6.08 Å². The van der Waals surface area contributed by atoms with Gasteiger partial charge in [0.2, 0.25) is 6.08 Å². The minimum atomic E-state index is 0.171. The highest BCUT2D eigenvalue weighted by Crippen LogP contribution is 2.24. The van der Waals surface area contributed by atoms with E-state index < -0.39 is 0 Å². The largest absolute Gasteiger partial charge is 0.335 e. The minimum absolute atomic E-state index is 0.171. The van der Waals surface area contributed by atoms with E-state index in [9.17, 15) is 4.79 Å². The number of hydrogen-bond acceptors (Lipinski definition) is 4. The fraction of sp³-hybridized carbons (Fsp3) is 0.167. The first-order valence-electron chi connectivity index (χ1n) is 4.82. The molecule has 0 N–H and O–H groups in total. The predicted molar refractivity (Wildman–Crippen MR) is 59.2 cm³/mol. The molecule has 0 spiro atoms. The Balaban J connectivity index is 2.45. The Kier molecular flexibility index (Phi) is 2.66. The zero-order valence-corrected chi connectivity index (χ0v) is 9.02. The van der Waals surface area contributed by atoms with Crippen LogP contribution in [0.2, 0.25) is 0 Å². The molecule has 0 fully saturated rings. The molecule has 16 heavy (non-hydrogen) atoms. The van der Waals surface area contributed by atoms with E-state index >= 15 is 0 Å². The van der Waals surface area contributed by atoms with Crippen LogP contribution in [0.3, 0.4) is 0 Å². The molecule has 1 aromatic carbocycles. The Bertz CT molecular complexity index is 546. The van der Waals surface area contributed by atoms with E-state index in [1.54, 1.807) is 6.07 Å². The normalized spacial score (nSPS) is 9.88. The lowest BCUT2D eigenvalue weighted by Gasteiger charge is -2.00. The van der Waals surface area contributed by atoms with Gasteiger partial charge in [0, 0.05) is 11.6 Å². The second-order valence-electron chi connectivity index (χ2n) is 3.63. The summed E-state index contributed by atoms with van der Waals surface area (Å²) in [5.41, 5.74) is 3.92. The van der Waals surface area contributed by atoms with Crippen LogP contribution >= 0.6 is 0 Å². The second-order valence-corrected chi connectivity index (χ2v) is 3.63. The lowest BCUT2D eigenvalue weighted by molar-refractivity contribution is 0.432. The van der Waals surface area contributed by atoms with E-state index in [4.69, 9.17) is 4.52 Å². The van der Waals surface area contributed by atoms with Crippen LogP contribution in [0.5, 0.6) is 0 Å². The molecular formula is C12H10N2O2. The highest BCUT2D eigenvalue weighted by molar-refractivity contribution is 5.63. The third-order valence-electron chi connectivity index (χ3n) is 2.17. The summed E-state index contributed by atoms with van der Waals surface area (Å²) in [6, 6.07) is 7.69. The number of aryl methyl sites for hydroxylation is 2.